The van der Waals surface area contributed by atoms with Gasteiger partial charge >= 0.3 is 0 Å². The first-order valence-corrected chi connectivity index (χ1v) is 9.26. The minimum Gasteiger partial charge on any atom is -0.495 e. The maximum absolute atomic E-state index is 6.13. The second-order valence-corrected chi connectivity index (χ2v) is 7.03. The van der Waals surface area contributed by atoms with Gasteiger partial charge in [0.15, 0.2) is 5.11 Å². The number of hydrogen-bond acceptors (Lipinski definition) is 3. The van der Waals surface area contributed by atoms with Crippen molar-refractivity contribution in [3.05, 3.63) is 53.3 Å². The number of anilines is 1. The number of hydrogen-bond donors (Lipinski definition) is 1. The highest BCUT2D eigenvalue weighted by Crippen LogP contribution is 2.30. The van der Waals surface area contributed by atoms with Gasteiger partial charge in [0, 0.05) is 30.0 Å². The van der Waals surface area contributed by atoms with Crippen LogP contribution in [0.4, 0.5) is 5.69 Å². The Morgan fingerprint density at radius 2 is 2.16 bits per heavy atom. The van der Waals surface area contributed by atoms with Gasteiger partial charge in [0.05, 0.1) is 12.8 Å². The number of pyridine rings is 1. The van der Waals surface area contributed by atoms with Crippen molar-refractivity contribution in [3.8, 4) is 5.75 Å². The number of nitrogens with zero attached hydrogens (tertiary/aromatic N) is 2. The fourth-order valence-electron chi connectivity index (χ4n) is 3.24. The average Bonchev–Trinajstić information content (AvgIpc) is 3.15. The zero-order valence-corrected chi connectivity index (χ0v) is 15.8. The highest BCUT2D eigenvalue weighted by molar-refractivity contribution is 7.80. The summed E-state index contributed by atoms with van der Waals surface area (Å²) in [6.07, 6.45) is 8.50. The number of halogens is 1. The lowest BCUT2D eigenvalue weighted by Gasteiger charge is -2.32. The van der Waals surface area contributed by atoms with Gasteiger partial charge in [0.25, 0.3) is 0 Å². The molecular formula is C19H22ClN3OS. The number of methoxy groups -OCH3 is 1. The Bertz CT molecular complexity index is 720. The van der Waals surface area contributed by atoms with Crippen LogP contribution in [-0.2, 0) is 6.54 Å². The molecular weight excluding hydrogens is 354 g/mol. The van der Waals surface area contributed by atoms with E-state index in [0.29, 0.717) is 16.2 Å². The van der Waals surface area contributed by atoms with Crippen LogP contribution in [0.3, 0.4) is 0 Å². The van der Waals surface area contributed by atoms with Gasteiger partial charge in [-0.3, -0.25) is 4.98 Å². The van der Waals surface area contributed by atoms with E-state index in [1.807, 2.05) is 24.4 Å². The van der Waals surface area contributed by atoms with Crippen molar-refractivity contribution in [3.63, 3.8) is 0 Å². The summed E-state index contributed by atoms with van der Waals surface area (Å²) in [6, 6.07) is 9.97. The standard InChI is InChI=1S/C19H22ClN3OS/c1-24-18-9-8-15(20)11-17(18)22-19(25)23(16-6-2-3-7-16)13-14-5-4-10-21-12-14/h4-5,8-12,16H,2-3,6-7,13H2,1H3,(H,22,25). The molecule has 132 valence electrons. The lowest BCUT2D eigenvalue weighted by Crippen LogP contribution is -2.41. The molecule has 0 spiro atoms. The average molecular weight is 376 g/mol. The molecule has 0 atom stereocenters. The van der Waals surface area contributed by atoms with E-state index in [1.54, 1.807) is 19.4 Å². The molecule has 4 nitrogen and oxygen atoms in total. The van der Waals surface area contributed by atoms with Crippen LogP contribution in [-0.4, -0.2) is 28.1 Å². The normalized spacial score (nSPS) is 14.3. The van der Waals surface area contributed by atoms with Crippen molar-refractivity contribution in [1.29, 1.82) is 0 Å². The molecule has 1 fully saturated rings. The number of rotatable bonds is 5. The predicted molar refractivity (Wildman–Crippen MR) is 106 cm³/mol. The first-order chi connectivity index (χ1) is 12.2. The molecule has 1 N–H and O–H groups in total. The molecule has 0 unspecified atom stereocenters. The molecule has 1 aromatic carbocycles. The fraction of sp³-hybridized carbons (Fsp3) is 0.368. The Morgan fingerprint density at radius 1 is 1.36 bits per heavy atom. The number of benzene rings is 1. The van der Waals surface area contributed by atoms with Gasteiger partial charge in [-0.05, 0) is 54.9 Å². The summed E-state index contributed by atoms with van der Waals surface area (Å²) in [5.74, 6) is 0.722. The second-order valence-electron chi connectivity index (χ2n) is 6.20. The quantitative estimate of drug-likeness (QED) is 0.753. The zero-order valence-electron chi connectivity index (χ0n) is 14.2. The van der Waals surface area contributed by atoms with Crippen molar-refractivity contribution in [2.75, 3.05) is 12.4 Å². The molecule has 0 aliphatic heterocycles. The largest absolute Gasteiger partial charge is 0.495 e. The van der Waals surface area contributed by atoms with Crippen LogP contribution in [0.25, 0.3) is 0 Å². The maximum Gasteiger partial charge on any atom is 0.174 e. The van der Waals surface area contributed by atoms with Gasteiger partial charge in [-0.2, -0.15) is 0 Å². The van der Waals surface area contributed by atoms with E-state index >= 15 is 0 Å². The highest BCUT2D eigenvalue weighted by Gasteiger charge is 2.25. The third-order valence-corrected chi connectivity index (χ3v) is 5.08. The van der Waals surface area contributed by atoms with Crippen molar-refractivity contribution in [1.82, 2.24) is 9.88 Å². The molecule has 1 aromatic heterocycles. The third-order valence-electron chi connectivity index (χ3n) is 4.51. The number of ether oxygens (including phenoxy) is 1. The Hall–Kier alpha value is -1.85. The molecule has 6 heteroatoms. The maximum atomic E-state index is 6.13. The van der Waals surface area contributed by atoms with Crippen LogP contribution in [0, 0.1) is 0 Å². The third kappa shape index (κ3) is 4.61. The van der Waals surface area contributed by atoms with Crippen LogP contribution in [0.1, 0.15) is 31.2 Å². The van der Waals surface area contributed by atoms with Gasteiger partial charge in [0.2, 0.25) is 0 Å². The Morgan fingerprint density at radius 3 is 2.84 bits per heavy atom. The minimum atomic E-state index is 0.449. The van der Waals surface area contributed by atoms with Crippen LogP contribution >= 0.6 is 23.8 Å². The summed E-state index contributed by atoms with van der Waals surface area (Å²) in [5.41, 5.74) is 1.94. The van der Waals surface area contributed by atoms with Crippen molar-refractivity contribution in [2.24, 2.45) is 0 Å². The van der Waals surface area contributed by atoms with Gasteiger partial charge in [0.1, 0.15) is 5.75 Å². The summed E-state index contributed by atoms with van der Waals surface area (Å²) >= 11 is 11.9. The summed E-state index contributed by atoms with van der Waals surface area (Å²) < 4.78 is 5.42. The molecule has 1 saturated carbocycles. The molecule has 3 rings (SSSR count). The summed E-state index contributed by atoms with van der Waals surface area (Å²) in [7, 11) is 1.64. The molecule has 25 heavy (non-hydrogen) atoms. The van der Waals surface area contributed by atoms with Gasteiger partial charge in [-0.15, -0.1) is 0 Å². The molecule has 0 radical (unpaired) electrons. The highest BCUT2D eigenvalue weighted by atomic mass is 35.5. The summed E-state index contributed by atoms with van der Waals surface area (Å²) in [6.45, 7) is 0.743. The van der Waals surface area contributed by atoms with Crippen molar-refractivity contribution < 1.29 is 4.74 Å². The lowest BCUT2D eigenvalue weighted by molar-refractivity contribution is 0.312. The summed E-state index contributed by atoms with van der Waals surface area (Å²) in [5, 5.41) is 4.66. The van der Waals surface area contributed by atoms with Crippen molar-refractivity contribution >= 4 is 34.6 Å². The van der Waals surface area contributed by atoms with E-state index in [-0.39, 0.29) is 0 Å². The Kier molecular flexibility index (Phi) is 6.10. The Labute approximate surface area is 159 Å². The molecule has 0 saturated heterocycles. The van der Waals surface area contributed by atoms with Gasteiger partial charge in [-0.25, -0.2) is 0 Å². The van der Waals surface area contributed by atoms with E-state index in [1.165, 1.54) is 12.8 Å². The molecule has 1 aliphatic rings. The van der Waals surface area contributed by atoms with Crippen LogP contribution in [0.15, 0.2) is 42.7 Å². The first-order valence-electron chi connectivity index (χ1n) is 8.47. The fourth-order valence-corrected chi connectivity index (χ4v) is 3.73. The number of thiocarbonyl (C=S) groups is 1. The van der Waals surface area contributed by atoms with Gasteiger partial charge < -0.3 is 15.0 Å². The first kappa shape index (κ1) is 18.0. The predicted octanol–water partition coefficient (Wildman–Crippen LogP) is 4.89. The second kappa shape index (κ2) is 8.50. The molecule has 1 aliphatic carbocycles. The van der Waals surface area contributed by atoms with Gasteiger partial charge in [-0.1, -0.05) is 30.5 Å². The molecule has 0 amide bonds. The van der Waals surface area contributed by atoms with E-state index in [4.69, 9.17) is 28.6 Å². The lowest BCUT2D eigenvalue weighted by atomic mass is 10.2. The monoisotopic (exact) mass is 375 g/mol. The molecule has 2 aromatic rings. The van der Waals surface area contributed by atoms with E-state index in [0.717, 1.165) is 36.4 Å². The van der Waals surface area contributed by atoms with Crippen molar-refractivity contribution in [2.45, 2.75) is 38.3 Å². The number of aromatic nitrogens is 1. The zero-order chi connectivity index (χ0) is 17.6. The molecule has 0 bridgehead atoms. The van der Waals surface area contributed by atoms with Crippen LogP contribution < -0.4 is 10.1 Å². The Balaban J connectivity index is 1.80. The van der Waals surface area contributed by atoms with E-state index in [2.05, 4.69) is 21.3 Å². The molecule has 1 heterocycles. The van der Waals surface area contributed by atoms with E-state index in [9.17, 15) is 0 Å². The topological polar surface area (TPSA) is 37.4 Å². The van der Waals surface area contributed by atoms with E-state index < -0.39 is 0 Å². The van der Waals surface area contributed by atoms with Crippen LogP contribution in [0.2, 0.25) is 5.02 Å². The smallest absolute Gasteiger partial charge is 0.174 e. The summed E-state index contributed by atoms with van der Waals surface area (Å²) in [4.78, 5) is 6.48. The number of nitrogens with one attached hydrogen (secondary N) is 1. The van der Waals surface area contributed by atoms with Crippen LogP contribution in [0.5, 0.6) is 5.75 Å². The SMILES string of the molecule is COc1ccc(Cl)cc1NC(=S)N(Cc1cccnc1)C1CCCC1. The minimum absolute atomic E-state index is 0.449.